The van der Waals surface area contributed by atoms with E-state index in [0.717, 1.165) is 0 Å². The molecule has 1 aromatic rings. The number of esters is 1. The minimum Gasteiger partial charge on any atom is -0.496 e. The second-order valence-electron chi connectivity index (χ2n) is 3.97. The number of rotatable bonds is 7. The first kappa shape index (κ1) is 16.1. The molecule has 0 aromatic heterocycles. The van der Waals surface area contributed by atoms with Gasteiger partial charge in [0.15, 0.2) is 11.5 Å². The number of carbonyl (C=O) groups excluding carboxylic acids is 1. The molecule has 1 rings (SSSR count). The number of hydrogen-bond donors (Lipinski definition) is 1. The Bertz CT molecular complexity index is 457. The zero-order valence-electron chi connectivity index (χ0n) is 12.1. The molecule has 0 bridgehead atoms. The fourth-order valence-electron chi connectivity index (χ4n) is 1.80. The molecule has 1 atom stereocenters. The Morgan fingerprint density at radius 2 is 1.65 bits per heavy atom. The topological polar surface area (TPSA) is 74.2 Å². The minimum absolute atomic E-state index is 0.153. The van der Waals surface area contributed by atoms with Gasteiger partial charge in [0.05, 0.1) is 40.5 Å². The van der Waals surface area contributed by atoms with Gasteiger partial charge in [0, 0.05) is 11.6 Å². The lowest BCUT2D eigenvalue weighted by atomic mass is 10.0. The highest BCUT2D eigenvalue weighted by Gasteiger charge is 2.21. The van der Waals surface area contributed by atoms with Gasteiger partial charge < -0.3 is 24.1 Å². The Morgan fingerprint density at radius 1 is 1.10 bits per heavy atom. The van der Waals surface area contributed by atoms with Gasteiger partial charge in [0.1, 0.15) is 5.75 Å². The van der Waals surface area contributed by atoms with E-state index in [0.29, 0.717) is 22.8 Å². The van der Waals surface area contributed by atoms with E-state index in [2.05, 4.69) is 0 Å². The van der Waals surface area contributed by atoms with E-state index >= 15 is 0 Å². The number of benzene rings is 1. The Kier molecular flexibility index (Phi) is 6.11. The molecule has 6 heteroatoms. The molecule has 0 aliphatic rings. The summed E-state index contributed by atoms with van der Waals surface area (Å²) in [5.74, 6) is 0.874. The van der Waals surface area contributed by atoms with Crippen LogP contribution in [0.15, 0.2) is 12.1 Å². The molecule has 20 heavy (non-hydrogen) atoms. The van der Waals surface area contributed by atoms with Crippen LogP contribution >= 0.6 is 0 Å². The smallest absolute Gasteiger partial charge is 0.308 e. The summed E-state index contributed by atoms with van der Waals surface area (Å²) in [4.78, 5) is 11.4. The van der Waals surface area contributed by atoms with Crippen molar-refractivity contribution >= 4 is 5.97 Å². The van der Waals surface area contributed by atoms with Crippen LogP contribution in [0.4, 0.5) is 0 Å². The molecular formula is C14H20O6. The standard InChI is InChI=1S/C14H20O6/c1-5-20-14(16)7-10(15)9-6-12(18-3)13(19-4)8-11(9)17-2/h6,8,10,15H,5,7H2,1-4H3. The third-order valence-corrected chi connectivity index (χ3v) is 2.76. The summed E-state index contributed by atoms with van der Waals surface area (Å²) >= 11 is 0. The highest BCUT2D eigenvalue weighted by molar-refractivity contribution is 5.70. The maximum absolute atomic E-state index is 11.4. The predicted molar refractivity (Wildman–Crippen MR) is 72.3 cm³/mol. The molecule has 1 unspecified atom stereocenters. The Morgan fingerprint density at radius 3 is 2.15 bits per heavy atom. The van der Waals surface area contributed by atoms with Gasteiger partial charge in [0.2, 0.25) is 0 Å². The van der Waals surface area contributed by atoms with Crippen LogP contribution in [0.25, 0.3) is 0 Å². The van der Waals surface area contributed by atoms with E-state index in [9.17, 15) is 9.90 Å². The first-order valence-electron chi connectivity index (χ1n) is 6.20. The minimum atomic E-state index is -1.04. The van der Waals surface area contributed by atoms with Crippen LogP contribution in [-0.4, -0.2) is 39.0 Å². The van der Waals surface area contributed by atoms with Gasteiger partial charge in [-0.15, -0.1) is 0 Å². The van der Waals surface area contributed by atoms with Crippen molar-refractivity contribution in [1.82, 2.24) is 0 Å². The summed E-state index contributed by atoms with van der Waals surface area (Å²) in [6.45, 7) is 1.98. The van der Waals surface area contributed by atoms with Crippen LogP contribution in [0.1, 0.15) is 25.0 Å². The highest BCUT2D eigenvalue weighted by Crippen LogP contribution is 2.38. The summed E-state index contributed by atoms with van der Waals surface area (Å²) in [6, 6.07) is 3.18. The lowest BCUT2D eigenvalue weighted by Crippen LogP contribution is -2.11. The molecule has 112 valence electrons. The van der Waals surface area contributed by atoms with Gasteiger partial charge >= 0.3 is 5.97 Å². The van der Waals surface area contributed by atoms with E-state index < -0.39 is 12.1 Å². The van der Waals surface area contributed by atoms with Gasteiger partial charge in [-0.25, -0.2) is 0 Å². The van der Waals surface area contributed by atoms with Crippen LogP contribution < -0.4 is 14.2 Å². The molecular weight excluding hydrogens is 264 g/mol. The van der Waals surface area contributed by atoms with Crippen molar-refractivity contribution in [3.63, 3.8) is 0 Å². The van der Waals surface area contributed by atoms with Crippen LogP contribution in [-0.2, 0) is 9.53 Å². The third-order valence-electron chi connectivity index (χ3n) is 2.76. The van der Waals surface area contributed by atoms with Gasteiger partial charge in [-0.1, -0.05) is 0 Å². The van der Waals surface area contributed by atoms with Gasteiger partial charge in [-0.2, -0.15) is 0 Å². The van der Waals surface area contributed by atoms with Crippen molar-refractivity contribution in [2.75, 3.05) is 27.9 Å². The maximum Gasteiger partial charge on any atom is 0.308 e. The molecule has 6 nitrogen and oxygen atoms in total. The zero-order chi connectivity index (χ0) is 15.1. The second kappa shape index (κ2) is 7.59. The summed E-state index contributed by atoms with van der Waals surface area (Å²) in [5.41, 5.74) is 0.443. The molecule has 0 saturated carbocycles. The largest absolute Gasteiger partial charge is 0.496 e. The van der Waals surface area contributed by atoms with E-state index in [1.54, 1.807) is 19.1 Å². The zero-order valence-corrected chi connectivity index (χ0v) is 12.1. The Balaban J connectivity index is 3.05. The highest BCUT2D eigenvalue weighted by atomic mass is 16.5. The first-order chi connectivity index (χ1) is 9.57. The summed E-state index contributed by atoms with van der Waals surface area (Å²) in [7, 11) is 4.47. The molecule has 0 amide bonds. The molecule has 0 spiro atoms. The normalized spacial score (nSPS) is 11.7. The number of ether oxygens (including phenoxy) is 4. The average Bonchev–Trinajstić information content (AvgIpc) is 2.45. The molecule has 1 aromatic carbocycles. The number of carbonyl (C=O) groups is 1. The fraction of sp³-hybridized carbons (Fsp3) is 0.500. The number of aliphatic hydroxyl groups is 1. The van der Waals surface area contributed by atoms with Gasteiger partial charge in [-0.3, -0.25) is 4.79 Å². The molecule has 0 saturated heterocycles. The number of aliphatic hydroxyl groups excluding tert-OH is 1. The molecule has 0 radical (unpaired) electrons. The lowest BCUT2D eigenvalue weighted by molar-refractivity contribution is -0.145. The fourth-order valence-corrected chi connectivity index (χ4v) is 1.80. The Labute approximate surface area is 118 Å². The molecule has 0 aliphatic heterocycles. The molecule has 0 fully saturated rings. The van der Waals surface area contributed by atoms with E-state index in [1.165, 1.54) is 21.3 Å². The maximum atomic E-state index is 11.4. The van der Waals surface area contributed by atoms with Crippen LogP contribution in [0.2, 0.25) is 0 Å². The summed E-state index contributed by atoms with van der Waals surface area (Å²) in [6.07, 6.45) is -1.19. The quantitative estimate of drug-likeness (QED) is 0.768. The molecule has 0 aliphatic carbocycles. The SMILES string of the molecule is CCOC(=O)CC(O)c1cc(OC)c(OC)cc1OC. The van der Waals surface area contributed by atoms with Gasteiger partial charge in [0.25, 0.3) is 0 Å². The Hall–Kier alpha value is -1.95. The van der Waals surface area contributed by atoms with Crippen LogP contribution in [0.3, 0.4) is 0 Å². The summed E-state index contributed by atoms with van der Waals surface area (Å²) < 4.78 is 20.3. The molecule has 1 N–H and O–H groups in total. The van der Waals surface area contributed by atoms with E-state index in [1.807, 2.05) is 0 Å². The van der Waals surface area contributed by atoms with Crippen LogP contribution in [0.5, 0.6) is 17.2 Å². The molecule has 0 heterocycles. The summed E-state index contributed by atoms with van der Waals surface area (Å²) in [5, 5.41) is 10.1. The van der Waals surface area contributed by atoms with Crippen LogP contribution in [0, 0.1) is 0 Å². The van der Waals surface area contributed by atoms with Crippen molar-refractivity contribution < 1.29 is 28.8 Å². The van der Waals surface area contributed by atoms with E-state index in [4.69, 9.17) is 18.9 Å². The monoisotopic (exact) mass is 284 g/mol. The van der Waals surface area contributed by atoms with Crippen molar-refractivity contribution in [3.8, 4) is 17.2 Å². The van der Waals surface area contributed by atoms with Crippen molar-refractivity contribution in [1.29, 1.82) is 0 Å². The van der Waals surface area contributed by atoms with Crippen molar-refractivity contribution in [2.45, 2.75) is 19.4 Å². The van der Waals surface area contributed by atoms with E-state index in [-0.39, 0.29) is 13.0 Å². The average molecular weight is 284 g/mol. The lowest BCUT2D eigenvalue weighted by Gasteiger charge is -2.17. The predicted octanol–water partition coefficient (Wildman–Crippen LogP) is 1.70. The second-order valence-corrected chi connectivity index (χ2v) is 3.97. The number of hydrogen-bond acceptors (Lipinski definition) is 6. The van der Waals surface area contributed by atoms with Crippen molar-refractivity contribution in [3.05, 3.63) is 17.7 Å². The van der Waals surface area contributed by atoms with Gasteiger partial charge in [-0.05, 0) is 13.0 Å². The third kappa shape index (κ3) is 3.77. The van der Waals surface area contributed by atoms with Crippen molar-refractivity contribution in [2.24, 2.45) is 0 Å². The first-order valence-corrected chi connectivity index (χ1v) is 6.20. The number of methoxy groups -OCH3 is 3.